The Labute approximate surface area is 211 Å². The standard InChI is InChI=1S/C23H26N3OS3.C2H4O2/c1-5-24-16(4)15-28-20(24)13-12-19-23(27)26(7-3)22(30-19)14-21-25(6-2)17-10-8-9-11-18(17)29-21;1-2(3)4/h8-15H,5-7H2,1-4H3;1H3,(H,3,4)/q+1;/p-1/b19-12-,20-13-;. The minimum Gasteiger partial charge on any atom is -0.550 e. The third-order valence-corrected chi connectivity index (χ3v) is 8.44. The number of fused-ring (bicyclic) bond motifs is 1. The number of carbonyl (C=O) groups excluding carboxylic acids is 1. The number of hydrogen-bond acceptors (Lipinski definition) is 7. The molecule has 3 heterocycles. The summed E-state index contributed by atoms with van der Waals surface area (Å²) in [5, 5.41) is 13.4. The molecule has 6 nitrogen and oxygen atoms in total. The number of benzene rings is 1. The molecule has 4 rings (SSSR count). The van der Waals surface area contributed by atoms with E-state index in [1.807, 2.05) is 17.6 Å². The third kappa shape index (κ3) is 5.71. The lowest BCUT2D eigenvalue weighted by Gasteiger charge is -2.18. The summed E-state index contributed by atoms with van der Waals surface area (Å²) >= 11 is 5.06. The quantitative estimate of drug-likeness (QED) is 0.489. The normalized spacial score (nSPS) is 15.7. The Morgan fingerprint density at radius 3 is 2.47 bits per heavy atom. The van der Waals surface area contributed by atoms with Gasteiger partial charge in [-0.25, -0.2) is 0 Å². The third-order valence-electron chi connectivity index (χ3n) is 5.19. The number of para-hydroxylation sites is 1. The molecular formula is C25H29N3O3S3. The van der Waals surface area contributed by atoms with E-state index in [4.69, 9.17) is 9.90 Å². The van der Waals surface area contributed by atoms with Crippen LogP contribution in [0.4, 0.5) is 0 Å². The lowest BCUT2D eigenvalue weighted by Crippen LogP contribution is -2.35. The van der Waals surface area contributed by atoms with Crippen LogP contribution in [0.2, 0.25) is 0 Å². The van der Waals surface area contributed by atoms with Crippen molar-refractivity contribution in [1.82, 2.24) is 9.47 Å². The highest BCUT2D eigenvalue weighted by atomic mass is 32.2. The summed E-state index contributed by atoms with van der Waals surface area (Å²) in [7, 11) is 0. The summed E-state index contributed by atoms with van der Waals surface area (Å²) < 4.78 is 7.24. The summed E-state index contributed by atoms with van der Waals surface area (Å²) in [6.07, 6.45) is 6.22. The number of aromatic nitrogens is 2. The molecule has 180 valence electrons. The topological polar surface area (TPSA) is 69.2 Å². The van der Waals surface area contributed by atoms with Crippen molar-refractivity contribution in [2.45, 2.75) is 47.7 Å². The number of thioether (sulfide) groups is 1. The van der Waals surface area contributed by atoms with Crippen molar-refractivity contribution in [3.05, 3.63) is 71.0 Å². The number of aliphatic carboxylic acids is 1. The van der Waals surface area contributed by atoms with Gasteiger partial charge in [-0.1, -0.05) is 35.2 Å². The second-order valence-corrected chi connectivity index (χ2v) is 10.4. The maximum absolute atomic E-state index is 13.0. The second kappa shape index (κ2) is 11.7. The van der Waals surface area contributed by atoms with Gasteiger partial charge in [0.15, 0.2) is 0 Å². The molecule has 2 aromatic heterocycles. The van der Waals surface area contributed by atoms with Crippen LogP contribution in [0.3, 0.4) is 0 Å². The van der Waals surface area contributed by atoms with Crippen LogP contribution in [0, 0.1) is 0 Å². The zero-order valence-corrected chi connectivity index (χ0v) is 22.5. The number of thiazole rings is 2. The molecule has 3 aromatic rings. The van der Waals surface area contributed by atoms with Gasteiger partial charge < -0.3 is 14.8 Å². The molecule has 0 fully saturated rings. The molecule has 0 bridgehead atoms. The Bertz CT molecular complexity index is 1420. The summed E-state index contributed by atoms with van der Waals surface area (Å²) in [4.78, 5) is 24.2. The molecule has 0 atom stereocenters. The smallest absolute Gasteiger partial charge is 0.269 e. The molecule has 0 amide bonds. The van der Waals surface area contributed by atoms with E-state index in [9.17, 15) is 4.79 Å². The van der Waals surface area contributed by atoms with Crippen LogP contribution in [0.15, 0.2) is 51.3 Å². The fraction of sp³-hybridized carbons (Fsp3) is 0.320. The van der Waals surface area contributed by atoms with E-state index >= 15 is 0 Å². The first kappa shape index (κ1) is 26.0. The van der Waals surface area contributed by atoms with Gasteiger partial charge in [-0.2, -0.15) is 4.57 Å². The molecule has 0 aliphatic carbocycles. The fourth-order valence-electron chi connectivity index (χ4n) is 3.68. The maximum atomic E-state index is 13.0. The minimum atomic E-state index is -1.08. The zero-order chi connectivity index (χ0) is 24.8. The van der Waals surface area contributed by atoms with E-state index in [0.29, 0.717) is 6.54 Å². The van der Waals surface area contributed by atoms with E-state index in [2.05, 4.69) is 72.1 Å². The molecule has 1 aliphatic rings. The number of hydrogen-bond donors (Lipinski definition) is 0. The van der Waals surface area contributed by atoms with Crippen molar-refractivity contribution in [1.29, 1.82) is 0 Å². The molecule has 0 spiro atoms. The van der Waals surface area contributed by atoms with Gasteiger partial charge in [0.05, 0.1) is 15.6 Å². The number of aryl methyl sites for hydroxylation is 1. The Hall–Kier alpha value is -2.62. The Morgan fingerprint density at radius 1 is 1.12 bits per heavy atom. The van der Waals surface area contributed by atoms with Gasteiger partial charge in [-0.3, -0.25) is 9.36 Å². The lowest BCUT2D eigenvalue weighted by atomic mass is 10.3. The van der Waals surface area contributed by atoms with E-state index in [-0.39, 0.29) is 5.56 Å². The molecule has 0 saturated heterocycles. The molecule has 1 aromatic carbocycles. The van der Waals surface area contributed by atoms with Crippen molar-refractivity contribution in [3.63, 3.8) is 0 Å². The van der Waals surface area contributed by atoms with Crippen LogP contribution < -0.4 is 24.4 Å². The van der Waals surface area contributed by atoms with Crippen LogP contribution in [0.25, 0.3) is 22.4 Å². The number of carboxylic acids is 1. The largest absolute Gasteiger partial charge is 0.550 e. The van der Waals surface area contributed by atoms with Crippen LogP contribution in [-0.2, 0) is 17.9 Å². The van der Waals surface area contributed by atoms with Crippen molar-refractivity contribution in [3.8, 4) is 0 Å². The monoisotopic (exact) mass is 515 g/mol. The molecule has 0 radical (unpaired) electrons. The van der Waals surface area contributed by atoms with E-state index in [1.165, 1.54) is 26.0 Å². The van der Waals surface area contributed by atoms with Crippen LogP contribution in [0.1, 0.15) is 39.6 Å². The SMILES string of the molecule is CC(=O)[O-].CCN1C(C)=CS/C1=C\C=c1/s/c(=C\c2sc3ccccc3[n+]2CC)n(CC)c1=O. The number of allylic oxidation sites excluding steroid dienone is 2. The average molecular weight is 516 g/mol. The Morgan fingerprint density at radius 2 is 1.82 bits per heavy atom. The molecule has 0 saturated carbocycles. The fourth-order valence-corrected chi connectivity index (χ4v) is 6.93. The van der Waals surface area contributed by atoms with Gasteiger partial charge in [0.1, 0.15) is 15.9 Å². The highest BCUT2D eigenvalue weighted by Gasteiger charge is 2.18. The summed E-state index contributed by atoms with van der Waals surface area (Å²) in [6.45, 7) is 11.9. The van der Waals surface area contributed by atoms with Gasteiger partial charge in [-0.05, 0) is 58.2 Å². The summed E-state index contributed by atoms with van der Waals surface area (Å²) in [6, 6.07) is 8.47. The van der Waals surface area contributed by atoms with Crippen molar-refractivity contribution in [2.24, 2.45) is 0 Å². The minimum absolute atomic E-state index is 0.0884. The first-order valence-electron chi connectivity index (χ1n) is 11.1. The molecular weight excluding hydrogens is 486 g/mol. The Kier molecular flexibility index (Phi) is 8.93. The molecule has 9 heteroatoms. The number of rotatable bonds is 5. The predicted molar refractivity (Wildman–Crippen MR) is 142 cm³/mol. The van der Waals surface area contributed by atoms with Gasteiger partial charge in [-0.15, -0.1) is 11.3 Å². The number of nitrogens with zero attached hydrogens (tertiary/aromatic N) is 3. The second-order valence-electron chi connectivity index (χ2n) is 7.44. The van der Waals surface area contributed by atoms with Crippen LogP contribution in [0.5, 0.6) is 0 Å². The molecule has 34 heavy (non-hydrogen) atoms. The van der Waals surface area contributed by atoms with Crippen LogP contribution in [-0.4, -0.2) is 22.0 Å². The first-order chi connectivity index (χ1) is 16.3. The lowest BCUT2D eigenvalue weighted by molar-refractivity contribution is -0.665. The maximum Gasteiger partial charge on any atom is 0.269 e. The predicted octanol–water partition coefficient (Wildman–Crippen LogP) is 2.59. The Balaban J connectivity index is 0.000000751. The molecule has 1 aliphatic heterocycles. The van der Waals surface area contributed by atoms with E-state index in [1.54, 1.807) is 34.4 Å². The molecule has 0 N–H and O–H groups in total. The zero-order valence-electron chi connectivity index (χ0n) is 20.0. The van der Waals surface area contributed by atoms with Gasteiger partial charge in [0, 0.05) is 30.8 Å². The van der Waals surface area contributed by atoms with E-state index in [0.717, 1.165) is 29.2 Å². The highest BCUT2D eigenvalue weighted by Crippen LogP contribution is 2.33. The highest BCUT2D eigenvalue weighted by molar-refractivity contribution is 8.06. The summed E-state index contributed by atoms with van der Waals surface area (Å²) in [5.41, 5.74) is 2.59. The van der Waals surface area contributed by atoms with Crippen molar-refractivity contribution in [2.75, 3.05) is 6.54 Å². The number of carbonyl (C=O) groups is 1. The average Bonchev–Trinajstić information content (AvgIpc) is 3.44. The van der Waals surface area contributed by atoms with Gasteiger partial charge in [0.2, 0.25) is 5.52 Å². The summed E-state index contributed by atoms with van der Waals surface area (Å²) in [5.74, 6) is -1.08. The van der Waals surface area contributed by atoms with Crippen molar-refractivity contribution >= 4 is 62.8 Å². The van der Waals surface area contributed by atoms with Crippen LogP contribution >= 0.6 is 34.4 Å². The first-order valence-corrected chi connectivity index (χ1v) is 13.6. The van der Waals surface area contributed by atoms with E-state index < -0.39 is 5.97 Å². The van der Waals surface area contributed by atoms with Gasteiger partial charge >= 0.3 is 0 Å². The van der Waals surface area contributed by atoms with Crippen molar-refractivity contribution < 1.29 is 14.5 Å². The number of carboxylic acid groups (broad SMARTS) is 1. The molecule has 0 unspecified atom stereocenters. The van der Waals surface area contributed by atoms with Gasteiger partial charge in [0.25, 0.3) is 10.6 Å².